The Labute approximate surface area is 173 Å². The Kier molecular flexibility index (Phi) is 7.04. The number of carbonyl (C=O) groups is 2. The first-order valence-electron chi connectivity index (χ1n) is 10.4. The molecule has 0 radical (unpaired) electrons. The first-order valence-corrected chi connectivity index (χ1v) is 10.4. The van der Waals surface area contributed by atoms with Gasteiger partial charge in [0.25, 0.3) is 5.91 Å². The number of likely N-dealkylation sites (tertiary alicyclic amines) is 1. The van der Waals surface area contributed by atoms with E-state index >= 15 is 0 Å². The van der Waals surface area contributed by atoms with E-state index in [-0.39, 0.29) is 23.9 Å². The van der Waals surface area contributed by atoms with E-state index in [0.29, 0.717) is 12.1 Å². The summed E-state index contributed by atoms with van der Waals surface area (Å²) in [6.45, 7) is 8.22. The molecule has 1 atom stereocenters. The fourth-order valence-corrected chi connectivity index (χ4v) is 3.70. The van der Waals surface area contributed by atoms with E-state index in [1.165, 1.54) is 11.1 Å². The number of hydrogen-bond acceptors (Lipinski definition) is 3. The largest absolute Gasteiger partial charge is 0.349 e. The van der Waals surface area contributed by atoms with Crippen LogP contribution in [0.2, 0.25) is 0 Å². The zero-order valence-corrected chi connectivity index (χ0v) is 17.6. The van der Waals surface area contributed by atoms with Crippen LogP contribution in [0.5, 0.6) is 0 Å². The molecular weight excluding hydrogens is 362 g/mol. The molecule has 29 heavy (non-hydrogen) atoms. The number of piperidine rings is 1. The highest BCUT2D eigenvalue weighted by Crippen LogP contribution is 2.17. The summed E-state index contributed by atoms with van der Waals surface area (Å²) >= 11 is 0. The highest BCUT2D eigenvalue weighted by atomic mass is 16.2. The number of amides is 2. The van der Waals surface area contributed by atoms with Crippen LogP contribution < -0.4 is 10.6 Å². The van der Waals surface area contributed by atoms with Crippen LogP contribution in [0.4, 0.5) is 0 Å². The second kappa shape index (κ2) is 9.70. The van der Waals surface area contributed by atoms with Gasteiger partial charge in [-0.1, -0.05) is 36.4 Å². The van der Waals surface area contributed by atoms with Crippen molar-refractivity contribution in [2.75, 3.05) is 19.6 Å². The molecular formula is C24H31N3O2. The first-order chi connectivity index (χ1) is 13.9. The Morgan fingerprint density at radius 2 is 1.72 bits per heavy atom. The molecule has 1 aliphatic rings. The zero-order chi connectivity index (χ0) is 20.8. The summed E-state index contributed by atoms with van der Waals surface area (Å²) in [7, 11) is 0. The predicted molar refractivity (Wildman–Crippen MR) is 116 cm³/mol. The Balaban J connectivity index is 1.42. The third-order valence-electron chi connectivity index (χ3n) is 5.73. The van der Waals surface area contributed by atoms with Crippen LogP contribution in [-0.4, -0.2) is 42.4 Å². The molecule has 0 saturated carbocycles. The average molecular weight is 394 g/mol. The van der Waals surface area contributed by atoms with E-state index in [0.717, 1.165) is 31.5 Å². The molecule has 5 nitrogen and oxygen atoms in total. The molecule has 2 aromatic carbocycles. The van der Waals surface area contributed by atoms with Crippen LogP contribution in [0.3, 0.4) is 0 Å². The van der Waals surface area contributed by atoms with Crippen LogP contribution in [0.1, 0.15) is 52.9 Å². The first kappa shape index (κ1) is 21.1. The maximum absolute atomic E-state index is 12.5. The molecule has 0 bridgehead atoms. The van der Waals surface area contributed by atoms with Gasteiger partial charge in [0.05, 0.1) is 12.6 Å². The van der Waals surface area contributed by atoms with Crippen molar-refractivity contribution in [3.8, 4) is 0 Å². The number of carbonyl (C=O) groups excluding carboxylic acids is 2. The monoisotopic (exact) mass is 393 g/mol. The van der Waals surface area contributed by atoms with Crippen molar-refractivity contribution >= 4 is 11.8 Å². The Morgan fingerprint density at radius 1 is 1.03 bits per heavy atom. The van der Waals surface area contributed by atoms with Crippen molar-refractivity contribution < 1.29 is 9.59 Å². The van der Waals surface area contributed by atoms with Gasteiger partial charge >= 0.3 is 0 Å². The molecule has 154 valence electrons. The Morgan fingerprint density at radius 3 is 2.38 bits per heavy atom. The average Bonchev–Trinajstić information content (AvgIpc) is 2.72. The van der Waals surface area contributed by atoms with Crippen molar-refractivity contribution in [3.05, 3.63) is 70.8 Å². The smallest absolute Gasteiger partial charge is 0.251 e. The van der Waals surface area contributed by atoms with Gasteiger partial charge in [-0.15, -0.1) is 0 Å². The maximum atomic E-state index is 12.5. The Bertz CT molecular complexity index is 842. The van der Waals surface area contributed by atoms with Crippen molar-refractivity contribution in [2.45, 2.75) is 45.7 Å². The molecule has 2 N–H and O–H groups in total. The van der Waals surface area contributed by atoms with E-state index in [9.17, 15) is 9.59 Å². The SMILES string of the molecule is Cc1ccc(C(C)NC(=O)CN2CCC(NC(=O)c3ccccc3)CC2)cc1C. The fourth-order valence-electron chi connectivity index (χ4n) is 3.70. The molecule has 1 fully saturated rings. The molecule has 3 rings (SSSR count). The summed E-state index contributed by atoms with van der Waals surface area (Å²) in [4.78, 5) is 26.9. The van der Waals surface area contributed by atoms with Crippen LogP contribution >= 0.6 is 0 Å². The van der Waals surface area contributed by atoms with Crippen LogP contribution in [0.15, 0.2) is 48.5 Å². The van der Waals surface area contributed by atoms with E-state index in [4.69, 9.17) is 0 Å². The second-order valence-electron chi connectivity index (χ2n) is 8.02. The van der Waals surface area contributed by atoms with Gasteiger partial charge in [0.15, 0.2) is 0 Å². The molecule has 1 saturated heterocycles. The summed E-state index contributed by atoms with van der Waals surface area (Å²) in [5, 5.41) is 6.21. The number of benzene rings is 2. The van der Waals surface area contributed by atoms with Gasteiger partial charge in [-0.05, 0) is 62.4 Å². The van der Waals surface area contributed by atoms with Crippen molar-refractivity contribution in [2.24, 2.45) is 0 Å². The lowest BCUT2D eigenvalue weighted by molar-refractivity contribution is -0.123. The summed E-state index contributed by atoms with van der Waals surface area (Å²) < 4.78 is 0. The van der Waals surface area contributed by atoms with Crippen molar-refractivity contribution in [1.29, 1.82) is 0 Å². The van der Waals surface area contributed by atoms with Crippen molar-refractivity contribution in [1.82, 2.24) is 15.5 Å². The summed E-state index contributed by atoms with van der Waals surface area (Å²) in [6, 6.07) is 15.8. The van der Waals surface area contributed by atoms with Crippen molar-refractivity contribution in [3.63, 3.8) is 0 Å². The van der Waals surface area contributed by atoms with Crippen LogP contribution in [-0.2, 0) is 4.79 Å². The zero-order valence-electron chi connectivity index (χ0n) is 17.6. The molecule has 2 aromatic rings. The highest BCUT2D eigenvalue weighted by molar-refractivity contribution is 5.94. The maximum Gasteiger partial charge on any atom is 0.251 e. The molecule has 0 aromatic heterocycles. The standard InChI is InChI=1S/C24H31N3O2/c1-17-9-10-21(15-18(17)2)19(3)25-23(28)16-27-13-11-22(12-14-27)26-24(29)20-7-5-4-6-8-20/h4-10,15,19,22H,11-14,16H2,1-3H3,(H,25,28)(H,26,29). The molecule has 1 heterocycles. The van der Waals surface area contributed by atoms with Gasteiger partial charge in [-0.3, -0.25) is 14.5 Å². The fraction of sp³-hybridized carbons (Fsp3) is 0.417. The number of nitrogens with one attached hydrogen (secondary N) is 2. The summed E-state index contributed by atoms with van der Waals surface area (Å²) in [6.07, 6.45) is 1.72. The quantitative estimate of drug-likeness (QED) is 0.791. The molecule has 1 unspecified atom stereocenters. The molecule has 0 aliphatic carbocycles. The van der Waals surface area contributed by atoms with Gasteiger partial charge in [0.2, 0.25) is 5.91 Å². The topological polar surface area (TPSA) is 61.4 Å². The number of rotatable bonds is 6. The summed E-state index contributed by atoms with van der Waals surface area (Å²) in [5.41, 5.74) is 4.32. The van der Waals surface area contributed by atoms with Crippen LogP contribution in [0.25, 0.3) is 0 Å². The molecule has 0 spiro atoms. The van der Waals surface area contributed by atoms with E-state index in [1.54, 1.807) is 0 Å². The lowest BCUT2D eigenvalue weighted by Crippen LogP contribution is -2.47. The van der Waals surface area contributed by atoms with Gasteiger partial charge in [-0.25, -0.2) is 0 Å². The normalized spacial score (nSPS) is 16.2. The minimum Gasteiger partial charge on any atom is -0.349 e. The minimum atomic E-state index is -0.0241. The molecule has 2 amide bonds. The van der Waals surface area contributed by atoms with Gasteiger partial charge in [-0.2, -0.15) is 0 Å². The Hall–Kier alpha value is -2.66. The van der Waals surface area contributed by atoms with Crippen LogP contribution in [0, 0.1) is 13.8 Å². The third kappa shape index (κ3) is 5.91. The van der Waals surface area contributed by atoms with E-state index in [2.05, 4.69) is 47.6 Å². The number of nitrogens with zero attached hydrogens (tertiary/aromatic N) is 1. The minimum absolute atomic E-state index is 0.00972. The van der Waals surface area contributed by atoms with E-state index < -0.39 is 0 Å². The second-order valence-corrected chi connectivity index (χ2v) is 8.02. The van der Waals surface area contributed by atoms with Gasteiger partial charge in [0.1, 0.15) is 0 Å². The summed E-state index contributed by atoms with van der Waals surface area (Å²) in [5.74, 6) is 0.0199. The number of aryl methyl sites for hydroxylation is 2. The third-order valence-corrected chi connectivity index (χ3v) is 5.73. The lowest BCUT2D eigenvalue weighted by atomic mass is 10.0. The number of hydrogen-bond donors (Lipinski definition) is 2. The van der Waals surface area contributed by atoms with E-state index in [1.807, 2.05) is 37.3 Å². The lowest BCUT2D eigenvalue weighted by Gasteiger charge is -2.32. The van der Waals surface area contributed by atoms with Gasteiger partial charge in [0, 0.05) is 24.7 Å². The molecule has 1 aliphatic heterocycles. The van der Waals surface area contributed by atoms with Gasteiger partial charge < -0.3 is 10.6 Å². The predicted octanol–water partition coefficient (Wildman–Crippen LogP) is 3.38. The highest BCUT2D eigenvalue weighted by Gasteiger charge is 2.23. The molecule has 5 heteroatoms.